The zero-order valence-electron chi connectivity index (χ0n) is 9.08. The predicted molar refractivity (Wildman–Crippen MR) is 52.6 cm³/mol. The van der Waals surface area contributed by atoms with Crippen molar-refractivity contribution >= 4 is 0 Å². The molecule has 2 N–H and O–H groups in total. The summed E-state index contributed by atoms with van der Waals surface area (Å²) in [5, 5.41) is 19.5. The molecule has 0 fully saturated rings. The second-order valence-electron chi connectivity index (χ2n) is 3.71. The summed E-state index contributed by atoms with van der Waals surface area (Å²) in [5.41, 5.74) is -0.991. The molecule has 3 heteroatoms. The Balaban J connectivity index is 3.99. The fraction of sp³-hybridized carbons (Fsp3) is 1.00. The molecule has 3 nitrogen and oxygen atoms in total. The smallest absolute Gasteiger partial charge is 0.106 e. The first kappa shape index (κ1) is 12.9. The Morgan fingerprint density at radius 1 is 1.23 bits per heavy atom. The van der Waals surface area contributed by atoms with Gasteiger partial charge >= 0.3 is 0 Å². The Kier molecular flexibility index (Phi) is 5.53. The molecule has 0 aliphatic heterocycles. The summed E-state index contributed by atoms with van der Waals surface area (Å²) in [4.78, 5) is 0. The van der Waals surface area contributed by atoms with Crippen LogP contribution in [-0.4, -0.2) is 34.6 Å². The van der Waals surface area contributed by atoms with Crippen molar-refractivity contribution in [2.45, 2.75) is 58.3 Å². The Bertz CT molecular complexity index is 130. The molecule has 80 valence electrons. The summed E-state index contributed by atoms with van der Waals surface area (Å²) in [7, 11) is 0. The summed E-state index contributed by atoms with van der Waals surface area (Å²) in [5.74, 6) is 0. The SMILES string of the molecule is CCC(O)(CC)C(O)COC(C)C. The topological polar surface area (TPSA) is 49.7 Å². The first-order valence-corrected chi connectivity index (χ1v) is 4.98. The van der Waals surface area contributed by atoms with Crippen LogP contribution in [0.4, 0.5) is 0 Å². The first-order chi connectivity index (χ1) is 5.96. The quantitative estimate of drug-likeness (QED) is 0.664. The van der Waals surface area contributed by atoms with E-state index in [0.717, 1.165) is 0 Å². The molecule has 13 heavy (non-hydrogen) atoms. The van der Waals surface area contributed by atoms with E-state index in [1.807, 2.05) is 27.7 Å². The van der Waals surface area contributed by atoms with Gasteiger partial charge in [0.2, 0.25) is 0 Å². The Morgan fingerprint density at radius 3 is 2.00 bits per heavy atom. The number of aliphatic hydroxyl groups excluding tert-OH is 1. The number of rotatable bonds is 6. The van der Waals surface area contributed by atoms with Crippen LogP contribution >= 0.6 is 0 Å². The average Bonchev–Trinajstić information content (AvgIpc) is 2.12. The zero-order valence-corrected chi connectivity index (χ0v) is 9.08. The molecule has 0 bridgehead atoms. The number of aliphatic hydroxyl groups is 2. The second-order valence-corrected chi connectivity index (χ2v) is 3.71. The van der Waals surface area contributed by atoms with Crippen molar-refractivity contribution in [3.8, 4) is 0 Å². The highest BCUT2D eigenvalue weighted by Crippen LogP contribution is 2.20. The summed E-state index contributed by atoms with van der Waals surface area (Å²) in [6.45, 7) is 7.74. The summed E-state index contributed by atoms with van der Waals surface area (Å²) in [6, 6.07) is 0. The van der Waals surface area contributed by atoms with E-state index in [2.05, 4.69) is 0 Å². The molecule has 0 heterocycles. The van der Waals surface area contributed by atoms with Gasteiger partial charge in [-0.25, -0.2) is 0 Å². The van der Waals surface area contributed by atoms with E-state index in [1.54, 1.807) is 0 Å². The maximum absolute atomic E-state index is 9.88. The van der Waals surface area contributed by atoms with Gasteiger partial charge in [-0.15, -0.1) is 0 Å². The van der Waals surface area contributed by atoms with Crippen LogP contribution in [0.2, 0.25) is 0 Å². The molecule has 0 aromatic carbocycles. The largest absolute Gasteiger partial charge is 0.388 e. The first-order valence-electron chi connectivity index (χ1n) is 4.98. The van der Waals surface area contributed by atoms with Crippen molar-refractivity contribution in [1.82, 2.24) is 0 Å². The number of hydrogen-bond donors (Lipinski definition) is 2. The monoisotopic (exact) mass is 190 g/mol. The molecule has 0 aliphatic rings. The summed E-state index contributed by atoms with van der Waals surface area (Å²) < 4.78 is 5.24. The molecule has 0 saturated heterocycles. The lowest BCUT2D eigenvalue weighted by atomic mass is 9.91. The summed E-state index contributed by atoms with van der Waals surface area (Å²) in [6.07, 6.45) is 0.399. The maximum atomic E-state index is 9.88. The molecule has 0 radical (unpaired) electrons. The normalized spacial score (nSPS) is 15.0. The average molecular weight is 190 g/mol. The van der Waals surface area contributed by atoms with Gasteiger partial charge < -0.3 is 14.9 Å². The highest BCUT2D eigenvalue weighted by molar-refractivity contribution is 4.83. The second kappa shape index (κ2) is 5.58. The highest BCUT2D eigenvalue weighted by atomic mass is 16.5. The molecular formula is C10H22O3. The van der Waals surface area contributed by atoms with E-state index in [-0.39, 0.29) is 12.7 Å². The molecule has 1 atom stereocenters. The third-order valence-electron chi connectivity index (χ3n) is 2.43. The minimum absolute atomic E-state index is 0.0904. The van der Waals surface area contributed by atoms with Gasteiger partial charge in [-0.2, -0.15) is 0 Å². The van der Waals surface area contributed by atoms with Gasteiger partial charge in [-0.05, 0) is 26.7 Å². The molecule has 0 spiro atoms. The third kappa shape index (κ3) is 4.07. The van der Waals surface area contributed by atoms with Gasteiger partial charge in [-0.1, -0.05) is 13.8 Å². The van der Waals surface area contributed by atoms with Gasteiger partial charge in [-0.3, -0.25) is 0 Å². The van der Waals surface area contributed by atoms with E-state index in [1.165, 1.54) is 0 Å². The van der Waals surface area contributed by atoms with Crippen LogP contribution < -0.4 is 0 Å². The maximum Gasteiger partial charge on any atom is 0.106 e. The van der Waals surface area contributed by atoms with E-state index >= 15 is 0 Å². The van der Waals surface area contributed by atoms with Crippen LogP contribution in [0.25, 0.3) is 0 Å². The molecule has 0 amide bonds. The Labute approximate surface area is 80.7 Å². The van der Waals surface area contributed by atoms with E-state index in [4.69, 9.17) is 4.74 Å². The molecule has 0 aliphatic carbocycles. The molecule has 0 saturated carbocycles. The predicted octanol–water partition coefficient (Wildman–Crippen LogP) is 1.32. The molecule has 0 aromatic heterocycles. The fourth-order valence-corrected chi connectivity index (χ4v) is 1.16. The highest BCUT2D eigenvalue weighted by Gasteiger charge is 2.31. The minimum atomic E-state index is -0.991. The molecular weight excluding hydrogens is 168 g/mol. The fourth-order valence-electron chi connectivity index (χ4n) is 1.16. The van der Waals surface area contributed by atoms with Gasteiger partial charge in [0.1, 0.15) is 6.10 Å². The van der Waals surface area contributed by atoms with Crippen LogP contribution in [0, 0.1) is 0 Å². The van der Waals surface area contributed by atoms with Crippen LogP contribution in [0.15, 0.2) is 0 Å². The molecule has 0 rings (SSSR count). The Morgan fingerprint density at radius 2 is 1.69 bits per heavy atom. The lowest BCUT2D eigenvalue weighted by Crippen LogP contribution is -2.44. The van der Waals surface area contributed by atoms with E-state index < -0.39 is 11.7 Å². The van der Waals surface area contributed by atoms with Crippen LogP contribution in [-0.2, 0) is 4.74 Å². The minimum Gasteiger partial charge on any atom is -0.388 e. The van der Waals surface area contributed by atoms with Crippen molar-refractivity contribution in [1.29, 1.82) is 0 Å². The van der Waals surface area contributed by atoms with Crippen molar-refractivity contribution in [3.63, 3.8) is 0 Å². The van der Waals surface area contributed by atoms with Crippen LogP contribution in [0.3, 0.4) is 0 Å². The standard InChI is InChI=1S/C10H22O3/c1-5-10(12,6-2)9(11)7-13-8(3)4/h8-9,11-12H,5-7H2,1-4H3. The molecule has 0 aromatic rings. The van der Waals surface area contributed by atoms with Crippen molar-refractivity contribution in [2.75, 3.05) is 6.61 Å². The van der Waals surface area contributed by atoms with E-state index in [0.29, 0.717) is 12.8 Å². The van der Waals surface area contributed by atoms with Gasteiger partial charge in [0.15, 0.2) is 0 Å². The van der Waals surface area contributed by atoms with Crippen LogP contribution in [0.5, 0.6) is 0 Å². The van der Waals surface area contributed by atoms with E-state index in [9.17, 15) is 10.2 Å². The van der Waals surface area contributed by atoms with Crippen molar-refractivity contribution < 1.29 is 14.9 Å². The lowest BCUT2D eigenvalue weighted by Gasteiger charge is -2.31. The summed E-state index contributed by atoms with van der Waals surface area (Å²) >= 11 is 0. The van der Waals surface area contributed by atoms with Gasteiger partial charge in [0, 0.05) is 0 Å². The van der Waals surface area contributed by atoms with Crippen molar-refractivity contribution in [2.24, 2.45) is 0 Å². The van der Waals surface area contributed by atoms with Crippen molar-refractivity contribution in [3.05, 3.63) is 0 Å². The Hall–Kier alpha value is -0.120. The zero-order chi connectivity index (χ0) is 10.5. The van der Waals surface area contributed by atoms with Gasteiger partial charge in [0.05, 0.1) is 18.3 Å². The van der Waals surface area contributed by atoms with Gasteiger partial charge in [0.25, 0.3) is 0 Å². The molecule has 1 unspecified atom stereocenters. The lowest BCUT2D eigenvalue weighted by molar-refractivity contribution is -0.117. The third-order valence-corrected chi connectivity index (χ3v) is 2.43. The number of ether oxygens (including phenoxy) is 1. The van der Waals surface area contributed by atoms with Crippen LogP contribution in [0.1, 0.15) is 40.5 Å². The number of hydrogen-bond acceptors (Lipinski definition) is 3.